The molecule has 1 heterocycles. The van der Waals surface area contributed by atoms with Crippen molar-refractivity contribution < 1.29 is 24.4 Å². The highest BCUT2D eigenvalue weighted by Crippen LogP contribution is 2.19. The van der Waals surface area contributed by atoms with Crippen LogP contribution in [0.4, 0.5) is 0 Å². The van der Waals surface area contributed by atoms with Gasteiger partial charge in [0.25, 0.3) is 0 Å². The van der Waals surface area contributed by atoms with Crippen LogP contribution in [0.25, 0.3) is 0 Å². The Labute approximate surface area is 147 Å². The fraction of sp³-hybridized carbons (Fsp3) is 1.00. The number of rotatable bonds is 14. The number of hydrogen-bond donors (Lipinski definition) is 2. The van der Waals surface area contributed by atoms with E-state index in [4.69, 9.17) is 14.2 Å². The summed E-state index contributed by atoms with van der Waals surface area (Å²) in [4.78, 5) is 0. The average molecular weight is 347 g/mol. The predicted molar refractivity (Wildman–Crippen MR) is 95.0 cm³/mol. The Morgan fingerprint density at radius 1 is 0.792 bits per heavy atom. The zero-order chi connectivity index (χ0) is 17.6. The Bertz CT molecular complexity index is 287. The summed E-state index contributed by atoms with van der Waals surface area (Å²) in [7, 11) is 0. The molecule has 0 spiro atoms. The molecule has 0 aromatic carbocycles. The van der Waals surface area contributed by atoms with Gasteiger partial charge in [0.15, 0.2) is 6.29 Å². The quantitative estimate of drug-likeness (QED) is 0.472. The van der Waals surface area contributed by atoms with Crippen LogP contribution < -0.4 is 0 Å². The number of hydrogen-bond acceptors (Lipinski definition) is 5. The van der Waals surface area contributed by atoms with E-state index in [2.05, 4.69) is 6.92 Å². The smallest absolute Gasteiger partial charge is 0.186 e. The molecule has 2 N–H and O–H groups in total. The van der Waals surface area contributed by atoms with Crippen molar-refractivity contribution >= 4 is 0 Å². The van der Waals surface area contributed by atoms with Crippen molar-refractivity contribution in [3.63, 3.8) is 0 Å². The second kappa shape index (κ2) is 14.0. The molecule has 4 atom stereocenters. The molecule has 0 unspecified atom stereocenters. The molecule has 0 aromatic heterocycles. The summed E-state index contributed by atoms with van der Waals surface area (Å²) in [5.74, 6) is 0. The van der Waals surface area contributed by atoms with Gasteiger partial charge in [-0.2, -0.15) is 0 Å². The van der Waals surface area contributed by atoms with Crippen molar-refractivity contribution in [1.82, 2.24) is 0 Å². The van der Waals surface area contributed by atoms with Crippen LogP contribution in [0.3, 0.4) is 0 Å². The minimum absolute atomic E-state index is 0.265. The fourth-order valence-electron chi connectivity index (χ4n) is 3.05. The Balaban J connectivity index is 1.96. The molecule has 24 heavy (non-hydrogen) atoms. The molecule has 5 heteroatoms. The molecule has 144 valence electrons. The van der Waals surface area contributed by atoms with Gasteiger partial charge in [0.05, 0.1) is 6.61 Å². The van der Waals surface area contributed by atoms with Gasteiger partial charge in [-0.25, -0.2) is 0 Å². The standard InChI is InChI=1S/C19H38O5/c1-3-5-6-7-8-9-10-11-12-13-14-23-16-15-24-19(22-4-2)18(21)17(16)20/h16-21H,3-15H2,1-2H3/t16-,17+,18-,19-/m1/s1. The van der Waals surface area contributed by atoms with Gasteiger partial charge in [0.2, 0.25) is 0 Å². The molecule has 1 aliphatic heterocycles. The lowest BCUT2D eigenvalue weighted by molar-refractivity contribution is -0.275. The van der Waals surface area contributed by atoms with E-state index < -0.39 is 24.6 Å². The topological polar surface area (TPSA) is 68.2 Å². The van der Waals surface area contributed by atoms with Crippen molar-refractivity contribution in [2.24, 2.45) is 0 Å². The number of unbranched alkanes of at least 4 members (excludes halogenated alkanes) is 9. The lowest BCUT2D eigenvalue weighted by atomic mass is 10.1. The van der Waals surface area contributed by atoms with Crippen LogP contribution in [0.5, 0.6) is 0 Å². The maximum Gasteiger partial charge on any atom is 0.186 e. The summed E-state index contributed by atoms with van der Waals surface area (Å²) < 4.78 is 16.3. The first-order valence-electron chi connectivity index (χ1n) is 9.91. The zero-order valence-corrected chi connectivity index (χ0v) is 15.6. The summed E-state index contributed by atoms with van der Waals surface area (Å²) in [6.07, 6.45) is 9.63. The average Bonchev–Trinajstić information content (AvgIpc) is 2.58. The molecule has 0 bridgehead atoms. The molecule has 1 rings (SSSR count). The van der Waals surface area contributed by atoms with Gasteiger partial charge in [-0.3, -0.25) is 0 Å². The molecular weight excluding hydrogens is 308 g/mol. The fourth-order valence-corrected chi connectivity index (χ4v) is 3.05. The second-order valence-corrected chi connectivity index (χ2v) is 6.73. The first-order chi connectivity index (χ1) is 11.7. The van der Waals surface area contributed by atoms with Gasteiger partial charge in [-0.1, -0.05) is 64.7 Å². The molecule has 0 aliphatic carbocycles. The van der Waals surface area contributed by atoms with Gasteiger partial charge in [-0.05, 0) is 13.3 Å². The van der Waals surface area contributed by atoms with E-state index >= 15 is 0 Å². The van der Waals surface area contributed by atoms with Crippen LogP contribution in [0.2, 0.25) is 0 Å². The van der Waals surface area contributed by atoms with E-state index in [9.17, 15) is 10.2 Å². The van der Waals surface area contributed by atoms with Gasteiger partial charge < -0.3 is 24.4 Å². The maximum absolute atomic E-state index is 10.1. The number of aliphatic hydroxyl groups excluding tert-OH is 2. The van der Waals surface area contributed by atoms with Crippen molar-refractivity contribution in [3.05, 3.63) is 0 Å². The van der Waals surface area contributed by atoms with E-state index in [1.54, 1.807) is 0 Å². The van der Waals surface area contributed by atoms with E-state index in [1.807, 2.05) is 6.92 Å². The Morgan fingerprint density at radius 2 is 1.38 bits per heavy atom. The second-order valence-electron chi connectivity index (χ2n) is 6.73. The summed E-state index contributed by atoms with van der Waals surface area (Å²) in [6, 6.07) is 0. The molecule has 0 saturated carbocycles. The molecular formula is C19H38O5. The minimum Gasteiger partial charge on any atom is -0.387 e. The summed E-state index contributed by atoms with van der Waals surface area (Å²) >= 11 is 0. The van der Waals surface area contributed by atoms with Crippen molar-refractivity contribution in [1.29, 1.82) is 0 Å². The third-order valence-corrected chi connectivity index (χ3v) is 4.60. The van der Waals surface area contributed by atoms with Crippen molar-refractivity contribution in [3.8, 4) is 0 Å². The van der Waals surface area contributed by atoms with Crippen LogP contribution in [0.15, 0.2) is 0 Å². The summed E-state index contributed by atoms with van der Waals surface area (Å²) in [5.41, 5.74) is 0. The zero-order valence-electron chi connectivity index (χ0n) is 15.6. The Kier molecular flexibility index (Phi) is 12.8. The minimum atomic E-state index is -1.04. The largest absolute Gasteiger partial charge is 0.387 e. The van der Waals surface area contributed by atoms with Gasteiger partial charge in [-0.15, -0.1) is 0 Å². The summed E-state index contributed by atoms with van der Waals surface area (Å²) in [6.45, 7) is 5.39. The molecule has 1 saturated heterocycles. The van der Waals surface area contributed by atoms with Crippen LogP contribution in [0.1, 0.15) is 78.1 Å². The summed E-state index contributed by atoms with van der Waals surface area (Å²) in [5, 5.41) is 20.0. The van der Waals surface area contributed by atoms with Gasteiger partial charge >= 0.3 is 0 Å². The van der Waals surface area contributed by atoms with Crippen molar-refractivity contribution in [2.75, 3.05) is 19.8 Å². The first kappa shape index (κ1) is 21.8. The third-order valence-electron chi connectivity index (χ3n) is 4.60. The molecule has 0 radical (unpaired) electrons. The van der Waals surface area contributed by atoms with Crippen LogP contribution in [-0.2, 0) is 14.2 Å². The highest BCUT2D eigenvalue weighted by atomic mass is 16.7. The lowest BCUT2D eigenvalue weighted by Crippen LogP contribution is -2.54. The van der Waals surface area contributed by atoms with E-state index in [-0.39, 0.29) is 6.61 Å². The van der Waals surface area contributed by atoms with Crippen LogP contribution in [-0.4, -0.2) is 54.6 Å². The molecule has 0 aromatic rings. The molecule has 1 fully saturated rings. The van der Waals surface area contributed by atoms with E-state index in [0.717, 1.165) is 12.8 Å². The van der Waals surface area contributed by atoms with Gasteiger partial charge in [0, 0.05) is 13.2 Å². The van der Waals surface area contributed by atoms with Crippen LogP contribution >= 0.6 is 0 Å². The van der Waals surface area contributed by atoms with Crippen LogP contribution in [0, 0.1) is 0 Å². The Morgan fingerprint density at radius 3 is 1.96 bits per heavy atom. The first-order valence-corrected chi connectivity index (χ1v) is 9.91. The molecule has 5 nitrogen and oxygen atoms in total. The molecule has 1 aliphatic rings. The van der Waals surface area contributed by atoms with E-state index in [0.29, 0.717) is 13.2 Å². The lowest BCUT2D eigenvalue weighted by Gasteiger charge is -2.36. The third kappa shape index (κ3) is 8.77. The van der Waals surface area contributed by atoms with E-state index in [1.165, 1.54) is 51.4 Å². The SMILES string of the molecule is CCCCCCCCCCCCO[C@@H]1CO[C@@H](OCC)[C@H](O)[C@H]1O. The predicted octanol–water partition coefficient (Wildman–Crippen LogP) is 3.41. The maximum atomic E-state index is 10.1. The highest BCUT2D eigenvalue weighted by molar-refractivity contribution is 4.83. The normalized spacial score (nSPS) is 27.5. The molecule has 0 amide bonds. The number of ether oxygens (including phenoxy) is 3. The van der Waals surface area contributed by atoms with Gasteiger partial charge in [0.1, 0.15) is 18.3 Å². The van der Waals surface area contributed by atoms with Crippen molar-refractivity contribution in [2.45, 2.75) is 103 Å². The number of aliphatic hydroxyl groups is 2. The highest BCUT2D eigenvalue weighted by Gasteiger charge is 2.39. The Hall–Kier alpha value is -0.200. The monoisotopic (exact) mass is 346 g/mol.